The maximum absolute atomic E-state index is 7.64. The summed E-state index contributed by atoms with van der Waals surface area (Å²) >= 11 is 3.40. The van der Waals surface area contributed by atoms with Crippen LogP contribution in [0.25, 0.3) is 10.9 Å². The van der Waals surface area contributed by atoms with Gasteiger partial charge in [0.25, 0.3) is 0 Å². The van der Waals surface area contributed by atoms with Crippen molar-refractivity contribution in [3.63, 3.8) is 0 Å². The fourth-order valence-corrected chi connectivity index (χ4v) is 2.42. The second-order valence-corrected chi connectivity index (χ2v) is 5.40. The number of hydrogen-bond donors (Lipinski definition) is 2. The Morgan fingerprint density at radius 3 is 2.71 bits per heavy atom. The number of nitrogens with zero attached hydrogens (tertiary/aromatic N) is 1. The number of nitrogens with one attached hydrogen (secondary N) is 1. The fraction of sp³-hybridized carbons (Fsp3) is 0. The van der Waals surface area contributed by atoms with Crippen LogP contribution in [0.5, 0.6) is 11.5 Å². The van der Waals surface area contributed by atoms with Gasteiger partial charge in [0.1, 0.15) is 17.1 Å². The maximum atomic E-state index is 7.64. The van der Waals surface area contributed by atoms with Crippen molar-refractivity contribution in [2.45, 2.75) is 0 Å². The summed E-state index contributed by atoms with van der Waals surface area (Å²) in [5.74, 6) is 1.12. The quantitative estimate of drug-likeness (QED) is 0.557. The smallest absolute Gasteiger partial charge is 0.153 e. The SMILES string of the molecule is N=C(N)c1ccc(Br)cc1Oc1cccc2cccnc12. The molecule has 3 aromatic rings. The topological polar surface area (TPSA) is 72.0 Å². The lowest BCUT2D eigenvalue weighted by Gasteiger charge is -2.12. The van der Waals surface area contributed by atoms with E-state index in [2.05, 4.69) is 20.9 Å². The minimum absolute atomic E-state index is 0.0364. The number of rotatable bonds is 3. The van der Waals surface area contributed by atoms with Crippen molar-refractivity contribution in [1.82, 2.24) is 4.98 Å². The second kappa shape index (κ2) is 5.54. The zero-order valence-electron chi connectivity index (χ0n) is 11.0. The number of ether oxygens (including phenoxy) is 1. The van der Waals surface area contributed by atoms with E-state index in [9.17, 15) is 0 Å². The molecule has 0 spiro atoms. The first-order chi connectivity index (χ1) is 10.1. The average Bonchev–Trinajstić information content (AvgIpc) is 2.47. The molecule has 4 nitrogen and oxygen atoms in total. The minimum Gasteiger partial charge on any atom is -0.454 e. The van der Waals surface area contributed by atoms with Crippen LogP contribution in [-0.4, -0.2) is 10.8 Å². The van der Waals surface area contributed by atoms with Crippen LogP contribution in [0.1, 0.15) is 5.56 Å². The lowest BCUT2D eigenvalue weighted by Crippen LogP contribution is -2.12. The van der Waals surface area contributed by atoms with E-state index >= 15 is 0 Å². The minimum atomic E-state index is -0.0364. The van der Waals surface area contributed by atoms with Crippen LogP contribution in [0.3, 0.4) is 0 Å². The Labute approximate surface area is 130 Å². The fourth-order valence-electron chi connectivity index (χ4n) is 2.08. The lowest BCUT2D eigenvalue weighted by molar-refractivity contribution is 0.485. The van der Waals surface area contributed by atoms with Gasteiger partial charge in [0.15, 0.2) is 5.75 Å². The van der Waals surface area contributed by atoms with Gasteiger partial charge in [-0.1, -0.05) is 34.1 Å². The van der Waals surface area contributed by atoms with Crippen molar-refractivity contribution in [2.24, 2.45) is 5.73 Å². The van der Waals surface area contributed by atoms with Crippen LogP contribution in [0, 0.1) is 5.41 Å². The van der Waals surface area contributed by atoms with Crippen molar-refractivity contribution in [1.29, 1.82) is 5.41 Å². The molecule has 0 aliphatic rings. The third-order valence-corrected chi connectivity index (χ3v) is 3.54. The molecular formula is C16H12BrN3O. The van der Waals surface area contributed by atoms with Crippen LogP contribution >= 0.6 is 15.9 Å². The van der Waals surface area contributed by atoms with Crippen molar-refractivity contribution >= 4 is 32.7 Å². The number of pyridine rings is 1. The van der Waals surface area contributed by atoms with Crippen LogP contribution in [-0.2, 0) is 0 Å². The Hall–Kier alpha value is -2.40. The number of halogens is 1. The van der Waals surface area contributed by atoms with Gasteiger partial charge >= 0.3 is 0 Å². The van der Waals surface area contributed by atoms with E-state index in [1.807, 2.05) is 36.4 Å². The Balaban J connectivity index is 2.11. The first-order valence-corrected chi connectivity index (χ1v) is 7.10. The van der Waals surface area contributed by atoms with Gasteiger partial charge in [-0.25, -0.2) is 0 Å². The Morgan fingerprint density at radius 1 is 1.10 bits per heavy atom. The van der Waals surface area contributed by atoms with E-state index in [0.29, 0.717) is 17.1 Å². The van der Waals surface area contributed by atoms with Gasteiger partial charge in [-0.15, -0.1) is 0 Å². The number of nitrogens with two attached hydrogens (primary N) is 1. The Morgan fingerprint density at radius 2 is 1.90 bits per heavy atom. The molecule has 3 N–H and O–H groups in total. The van der Waals surface area contributed by atoms with Gasteiger partial charge in [-0.2, -0.15) is 0 Å². The largest absolute Gasteiger partial charge is 0.454 e. The van der Waals surface area contributed by atoms with Crippen molar-refractivity contribution in [3.05, 3.63) is 64.8 Å². The van der Waals surface area contributed by atoms with Gasteiger partial charge in [0, 0.05) is 16.1 Å². The molecular weight excluding hydrogens is 330 g/mol. The lowest BCUT2D eigenvalue weighted by atomic mass is 10.1. The number of para-hydroxylation sites is 1. The monoisotopic (exact) mass is 341 g/mol. The molecule has 3 rings (SSSR count). The van der Waals surface area contributed by atoms with E-state index < -0.39 is 0 Å². The highest BCUT2D eigenvalue weighted by atomic mass is 79.9. The number of aromatic nitrogens is 1. The molecule has 1 aromatic heterocycles. The number of amidine groups is 1. The summed E-state index contributed by atoms with van der Waals surface area (Å²) in [6, 6.07) is 14.9. The summed E-state index contributed by atoms with van der Waals surface area (Å²) in [6.45, 7) is 0. The summed E-state index contributed by atoms with van der Waals surface area (Å²) in [5.41, 5.74) is 6.92. The standard InChI is InChI=1S/C16H12BrN3O/c17-11-6-7-12(16(18)19)14(9-11)21-13-5-1-3-10-4-2-8-20-15(10)13/h1-9H,(H3,18,19). The molecule has 21 heavy (non-hydrogen) atoms. The van der Waals surface area contributed by atoms with E-state index in [-0.39, 0.29) is 5.84 Å². The average molecular weight is 342 g/mol. The van der Waals surface area contributed by atoms with E-state index in [1.165, 1.54) is 0 Å². The first-order valence-electron chi connectivity index (χ1n) is 6.31. The van der Waals surface area contributed by atoms with Gasteiger partial charge in [-0.05, 0) is 30.3 Å². The maximum Gasteiger partial charge on any atom is 0.153 e. The molecule has 0 radical (unpaired) electrons. The number of nitrogen functional groups attached to an aromatic ring is 1. The Kier molecular flexibility index (Phi) is 3.58. The Bertz CT molecular complexity index is 827. The molecule has 0 aliphatic carbocycles. The third kappa shape index (κ3) is 2.73. The molecule has 0 amide bonds. The summed E-state index contributed by atoms with van der Waals surface area (Å²) in [6.07, 6.45) is 1.72. The molecule has 104 valence electrons. The normalized spacial score (nSPS) is 10.5. The van der Waals surface area contributed by atoms with Crippen molar-refractivity contribution in [3.8, 4) is 11.5 Å². The van der Waals surface area contributed by atoms with Gasteiger partial charge in [0.05, 0.1) is 5.56 Å². The predicted molar refractivity (Wildman–Crippen MR) is 87.0 cm³/mol. The summed E-state index contributed by atoms with van der Waals surface area (Å²) in [7, 11) is 0. The number of benzene rings is 2. The van der Waals surface area contributed by atoms with Crippen molar-refractivity contribution in [2.75, 3.05) is 0 Å². The molecule has 0 fully saturated rings. The van der Waals surface area contributed by atoms with Crippen LogP contribution < -0.4 is 10.5 Å². The van der Waals surface area contributed by atoms with Gasteiger partial charge < -0.3 is 10.5 Å². The highest BCUT2D eigenvalue weighted by Crippen LogP contribution is 2.32. The molecule has 0 bridgehead atoms. The summed E-state index contributed by atoms with van der Waals surface area (Å²) in [4.78, 5) is 4.35. The second-order valence-electron chi connectivity index (χ2n) is 4.49. The zero-order chi connectivity index (χ0) is 14.8. The molecule has 1 heterocycles. The molecule has 0 atom stereocenters. The van der Waals surface area contributed by atoms with Crippen molar-refractivity contribution < 1.29 is 4.74 Å². The third-order valence-electron chi connectivity index (χ3n) is 3.05. The highest BCUT2D eigenvalue weighted by Gasteiger charge is 2.11. The van der Waals surface area contributed by atoms with Crippen LogP contribution in [0.15, 0.2) is 59.2 Å². The van der Waals surface area contributed by atoms with Crippen LogP contribution in [0.2, 0.25) is 0 Å². The van der Waals surface area contributed by atoms with E-state index in [4.69, 9.17) is 15.9 Å². The predicted octanol–water partition coefficient (Wildman–Crippen LogP) is 4.07. The number of hydrogen-bond acceptors (Lipinski definition) is 3. The molecule has 5 heteroatoms. The molecule has 0 saturated heterocycles. The highest BCUT2D eigenvalue weighted by molar-refractivity contribution is 9.10. The zero-order valence-corrected chi connectivity index (χ0v) is 12.6. The molecule has 0 aliphatic heterocycles. The first kappa shape index (κ1) is 13.6. The summed E-state index contributed by atoms with van der Waals surface area (Å²) < 4.78 is 6.81. The molecule has 0 saturated carbocycles. The summed E-state index contributed by atoms with van der Waals surface area (Å²) in [5, 5.41) is 8.64. The van der Waals surface area contributed by atoms with Gasteiger partial charge in [-0.3, -0.25) is 10.4 Å². The van der Waals surface area contributed by atoms with Gasteiger partial charge in [0.2, 0.25) is 0 Å². The van der Waals surface area contributed by atoms with Crippen LogP contribution in [0.4, 0.5) is 0 Å². The number of fused-ring (bicyclic) bond motifs is 1. The van der Waals surface area contributed by atoms with E-state index in [0.717, 1.165) is 15.4 Å². The molecule has 2 aromatic carbocycles. The van der Waals surface area contributed by atoms with E-state index in [1.54, 1.807) is 18.3 Å². The molecule has 0 unspecified atom stereocenters.